The Kier molecular flexibility index (Phi) is 6.66. The molecule has 2 aromatic carbocycles. The quantitative estimate of drug-likeness (QED) is 0.643. The minimum absolute atomic E-state index is 0.000706. The van der Waals surface area contributed by atoms with Crippen molar-refractivity contribution in [2.45, 2.75) is 25.2 Å². The average Bonchev–Trinajstić information content (AvgIpc) is 2.64. The molecule has 1 N–H and O–H groups in total. The lowest BCUT2D eigenvalue weighted by atomic mass is 10.1. The zero-order chi connectivity index (χ0) is 21.8. The molecule has 0 aliphatic heterocycles. The Balaban J connectivity index is 2.14. The second kappa shape index (κ2) is 8.62. The molecule has 0 saturated heterocycles. The van der Waals surface area contributed by atoms with Crippen LogP contribution in [0, 0.1) is 0 Å². The van der Waals surface area contributed by atoms with Gasteiger partial charge in [-0.3, -0.25) is 4.79 Å². The molecule has 158 valence electrons. The number of rotatable bonds is 6. The molecule has 2 rings (SSSR count). The summed E-state index contributed by atoms with van der Waals surface area (Å²) < 4.78 is 87.5. The van der Waals surface area contributed by atoms with E-state index in [1.54, 1.807) is 18.2 Å². The number of aryl methyl sites for hydroxylation is 1. The van der Waals surface area contributed by atoms with Gasteiger partial charge in [0.1, 0.15) is 0 Å². The van der Waals surface area contributed by atoms with E-state index in [9.17, 15) is 31.1 Å². The predicted molar refractivity (Wildman–Crippen MR) is 92.9 cm³/mol. The number of alkyl halides is 6. The number of halogens is 6. The summed E-state index contributed by atoms with van der Waals surface area (Å²) in [6.45, 7) is 0. The molecule has 0 unspecified atom stereocenters. The molecule has 1 amide bonds. The van der Waals surface area contributed by atoms with Crippen LogP contribution in [0.25, 0.3) is 0 Å². The predicted octanol–water partition coefficient (Wildman–Crippen LogP) is 5.31. The normalized spacial score (nSPS) is 11.9. The lowest BCUT2D eigenvalue weighted by Gasteiger charge is -2.15. The van der Waals surface area contributed by atoms with Gasteiger partial charge in [0.15, 0.2) is 11.5 Å². The van der Waals surface area contributed by atoms with E-state index in [2.05, 4.69) is 5.32 Å². The molecule has 0 aromatic heterocycles. The zero-order valence-electron chi connectivity index (χ0n) is 15.4. The molecule has 0 atom stereocenters. The first-order valence-corrected chi connectivity index (χ1v) is 8.24. The Bertz CT molecular complexity index is 845. The first-order chi connectivity index (χ1) is 13.4. The molecule has 0 fully saturated rings. The maximum atomic E-state index is 12.9. The van der Waals surface area contributed by atoms with Gasteiger partial charge in [-0.1, -0.05) is 6.07 Å². The SMILES string of the molecule is COc1ccc(CCC(=O)Nc2cc(C(F)(F)F)cc(C(F)(F)F)c2)cc1OC. The number of benzene rings is 2. The first-order valence-electron chi connectivity index (χ1n) is 8.24. The summed E-state index contributed by atoms with van der Waals surface area (Å²) in [6, 6.07) is 5.83. The Morgan fingerprint density at radius 2 is 1.41 bits per heavy atom. The number of nitrogens with one attached hydrogen (secondary N) is 1. The van der Waals surface area contributed by atoms with Gasteiger partial charge in [-0.2, -0.15) is 26.3 Å². The van der Waals surface area contributed by atoms with Crippen LogP contribution in [0.3, 0.4) is 0 Å². The van der Waals surface area contributed by atoms with E-state index in [1.165, 1.54) is 14.2 Å². The fourth-order valence-electron chi connectivity index (χ4n) is 2.54. The third-order valence-electron chi connectivity index (χ3n) is 3.96. The lowest BCUT2D eigenvalue weighted by Crippen LogP contribution is -2.16. The van der Waals surface area contributed by atoms with Crippen molar-refractivity contribution in [1.82, 2.24) is 0 Å². The van der Waals surface area contributed by atoms with Crippen molar-refractivity contribution in [3.63, 3.8) is 0 Å². The van der Waals surface area contributed by atoms with Crippen molar-refractivity contribution < 1.29 is 40.6 Å². The van der Waals surface area contributed by atoms with Crippen molar-refractivity contribution in [2.75, 3.05) is 19.5 Å². The second-order valence-electron chi connectivity index (χ2n) is 6.03. The Hall–Kier alpha value is -2.91. The van der Waals surface area contributed by atoms with Crippen molar-refractivity contribution in [1.29, 1.82) is 0 Å². The molecule has 0 bridgehead atoms. The highest BCUT2D eigenvalue weighted by Crippen LogP contribution is 2.37. The maximum Gasteiger partial charge on any atom is 0.416 e. The minimum Gasteiger partial charge on any atom is -0.493 e. The monoisotopic (exact) mass is 421 g/mol. The summed E-state index contributed by atoms with van der Waals surface area (Å²) in [4.78, 5) is 12.1. The van der Waals surface area contributed by atoms with Crippen molar-refractivity contribution in [3.8, 4) is 11.5 Å². The van der Waals surface area contributed by atoms with Crippen LogP contribution in [0.5, 0.6) is 11.5 Å². The zero-order valence-corrected chi connectivity index (χ0v) is 15.4. The highest BCUT2D eigenvalue weighted by atomic mass is 19.4. The molecule has 2 aromatic rings. The molecule has 0 radical (unpaired) electrons. The fourth-order valence-corrected chi connectivity index (χ4v) is 2.54. The second-order valence-corrected chi connectivity index (χ2v) is 6.03. The summed E-state index contributed by atoms with van der Waals surface area (Å²) >= 11 is 0. The van der Waals surface area contributed by atoms with Crippen LogP contribution < -0.4 is 14.8 Å². The third-order valence-corrected chi connectivity index (χ3v) is 3.96. The number of hydrogen-bond donors (Lipinski definition) is 1. The van der Waals surface area contributed by atoms with Gasteiger partial charge in [0.25, 0.3) is 0 Å². The summed E-state index contributed by atoms with van der Waals surface area (Å²) in [5.74, 6) is 0.176. The summed E-state index contributed by atoms with van der Waals surface area (Å²) in [7, 11) is 2.88. The summed E-state index contributed by atoms with van der Waals surface area (Å²) in [5, 5.41) is 2.09. The van der Waals surface area contributed by atoms with Crippen LogP contribution in [-0.4, -0.2) is 20.1 Å². The van der Waals surface area contributed by atoms with E-state index in [0.717, 1.165) is 0 Å². The van der Waals surface area contributed by atoms with E-state index < -0.39 is 35.1 Å². The molecule has 0 aliphatic carbocycles. The van der Waals surface area contributed by atoms with Crippen LogP contribution in [-0.2, 0) is 23.6 Å². The molecule has 4 nitrogen and oxygen atoms in total. The van der Waals surface area contributed by atoms with Gasteiger partial charge in [0, 0.05) is 12.1 Å². The van der Waals surface area contributed by atoms with E-state index in [0.29, 0.717) is 29.2 Å². The number of methoxy groups -OCH3 is 2. The number of carbonyl (C=O) groups is 1. The van der Waals surface area contributed by atoms with Crippen LogP contribution in [0.15, 0.2) is 36.4 Å². The average molecular weight is 421 g/mol. The van der Waals surface area contributed by atoms with E-state index in [-0.39, 0.29) is 18.9 Å². The number of amides is 1. The van der Waals surface area contributed by atoms with Crippen LogP contribution >= 0.6 is 0 Å². The Morgan fingerprint density at radius 1 is 0.862 bits per heavy atom. The van der Waals surface area contributed by atoms with Gasteiger partial charge < -0.3 is 14.8 Å². The van der Waals surface area contributed by atoms with Gasteiger partial charge in [0.2, 0.25) is 5.91 Å². The maximum absolute atomic E-state index is 12.9. The molecular formula is C19H17F6NO3. The van der Waals surface area contributed by atoms with Crippen molar-refractivity contribution in [2.24, 2.45) is 0 Å². The standard InChI is InChI=1S/C19H17F6NO3/c1-28-15-5-3-11(7-16(15)29-2)4-6-17(27)26-14-9-12(18(20,21)22)8-13(10-14)19(23,24)25/h3,5,7-10H,4,6H2,1-2H3,(H,26,27). The third kappa shape index (κ3) is 6.03. The van der Waals surface area contributed by atoms with Gasteiger partial charge >= 0.3 is 12.4 Å². The molecule has 29 heavy (non-hydrogen) atoms. The number of anilines is 1. The molecule has 10 heteroatoms. The smallest absolute Gasteiger partial charge is 0.416 e. The van der Waals surface area contributed by atoms with Gasteiger partial charge in [-0.25, -0.2) is 0 Å². The molecule has 0 heterocycles. The highest BCUT2D eigenvalue weighted by Gasteiger charge is 2.37. The largest absolute Gasteiger partial charge is 0.493 e. The van der Waals surface area contributed by atoms with Crippen LogP contribution in [0.1, 0.15) is 23.1 Å². The highest BCUT2D eigenvalue weighted by molar-refractivity contribution is 5.91. The molecule has 0 aliphatic rings. The van der Waals surface area contributed by atoms with E-state index in [4.69, 9.17) is 9.47 Å². The summed E-state index contributed by atoms with van der Waals surface area (Å²) in [6.07, 6.45) is -9.94. The van der Waals surface area contributed by atoms with E-state index >= 15 is 0 Å². The topological polar surface area (TPSA) is 47.6 Å². The number of carbonyl (C=O) groups excluding carboxylic acids is 1. The van der Waals surface area contributed by atoms with E-state index in [1.807, 2.05) is 0 Å². The lowest BCUT2D eigenvalue weighted by molar-refractivity contribution is -0.143. The van der Waals surface area contributed by atoms with Crippen molar-refractivity contribution >= 4 is 11.6 Å². The molecular weight excluding hydrogens is 404 g/mol. The number of hydrogen-bond acceptors (Lipinski definition) is 3. The Labute approximate surface area is 162 Å². The first kappa shape index (κ1) is 22.4. The Morgan fingerprint density at radius 3 is 1.90 bits per heavy atom. The van der Waals surface area contributed by atoms with Gasteiger partial charge in [-0.05, 0) is 42.3 Å². The van der Waals surface area contributed by atoms with Crippen LogP contribution in [0.4, 0.5) is 32.0 Å². The van der Waals surface area contributed by atoms with Crippen molar-refractivity contribution in [3.05, 3.63) is 53.1 Å². The summed E-state index contributed by atoms with van der Waals surface area (Å²) in [5.41, 5.74) is -2.90. The fraction of sp³-hybridized carbons (Fsp3) is 0.316. The van der Waals surface area contributed by atoms with Crippen LogP contribution in [0.2, 0.25) is 0 Å². The molecule has 0 saturated carbocycles. The van der Waals surface area contributed by atoms with Gasteiger partial charge in [0.05, 0.1) is 25.3 Å². The van der Waals surface area contributed by atoms with Gasteiger partial charge in [-0.15, -0.1) is 0 Å². The molecule has 0 spiro atoms. The minimum atomic E-state index is -4.99. The number of ether oxygens (including phenoxy) is 2.